The molecule has 1 heterocycles. The van der Waals surface area contributed by atoms with Crippen LogP contribution in [0, 0.1) is 0 Å². The highest BCUT2D eigenvalue weighted by Crippen LogP contribution is 2.19. The fourth-order valence-corrected chi connectivity index (χ4v) is 2.41. The van der Waals surface area contributed by atoms with Crippen molar-refractivity contribution in [3.63, 3.8) is 0 Å². The van der Waals surface area contributed by atoms with Crippen LogP contribution in [0.5, 0.6) is 0 Å². The first-order chi connectivity index (χ1) is 9.99. The van der Waals surface area contributed by atoms with Crippen molar-refractivity contribution < 1.29 is 19.5 Å². The average molecular weight is 290 g/mol. The Morgan fingerprint density at radius 3 is 2.43 bits per heavy atom. The molecule has 1 aromatic carbocycles. The fraction of sp³-hybridized carbons (Fsp3) is 0.400. The molecule has 1 aliphatic heterocycles. The van der Waals surface area contributed by atoms with Crippen LogP contribution in [-0.4, -0.2) is 40.4 Å². The third-order valence-electron chi connectivity index (χ3n) is 3.59. The zero-order chi connectivity index (χ0) is 15.4. The van der Waals surface area contributed by atoms with Gasteiger partial charge in [-0.2, -0.15) is 0 Å². The molecule has 2 N–H and O–H groups in total. The quantitative estimate of drug-likeness (QED) is 0.837. The summed E-state index contributed by atoms with van der Waals surface area (Å²) in [7, 11) is 0. The second-order valence-electron chi connectivity index (χ2n) is 5.11. The summed E-state index contributed by atoms with van der Waals surface area (Å²) in [6, 6.07) is 5.34. The maximum absolute atomic E-state index is 12.2. The van der Waals surface area contributed by atoms with E-state index in [9.17, 15) is 14.4 Å². The summed E-state index contributed by atoms with van der Waals surface area (Å²) in [6.07, 6.45) is 2.10. The Bertz CT molecular complexity index is 553. The second-order valence-corrected chi connectivity index (χ2v) is 5.11. The topological polar surface area (TPSA) is 86.7 Å². The summed E-state index contributed by atoms with van der Waals surface area (Å²) < 4.78 is 0. The minimum atomic E-state index is -0.975. The number of nitrogens with one attached hydrogen (secondary N) is 1. The molecular formula is C15H18N2O4. The largest absolute Gasteiger partial charge is 0.480 e. The molecule has 21 heavy (non-hydrogen) atoms. The van der Waals surface area contributed by atoms with Crippen molar-refractivity contribution in [2.45, 2.75) is 32.2 Å². The van der Waals surface area contributed by atoms with Gasteiger partial charge in [0, 0.05) is 17.8 Å². The molecule has 6 heteroatoms. The molecule has 0 radical (unpaired) electrons. The number of urea groups is 1. The summed E-state index contributed by atoms with van der Waals surface area (Å²) >= 11 is 0. The van der Waals surface area contributed by atoms with Gasteiger partial charge >= 0.3 is 12.0 Å². The third kappa shape index (κ3) is 3.59. The van der Waals surface area contributed by atoms with E-state index in [2.05, 4.69) is 5.32 Å². The Morgan fingerprint density at radius 1 is 1.19 bits per heavy atom. The molecule has 1 saturated heterocycles. The SMILES string of the molecule is CC(=O)c1ccc(NC(=O)N2CCCC[C@@H]2C(=O)O)cc1. The molecule has 0 aliphatic carbocycles. The number of aliphatic carboxylic acids is 1. The number of carboxylic acid groups (broad SMARTS) is 1. The molecule has 112 valence electrons. The molecule has 1 atom stereocenters. The highest BCUT2D eigenvalue weighted by Gasteiger charge is 2.31. The molecule has 2 amide bonds. The minimum absolute atomic E-state index is 0.0464. The number of piperidine rings is 1. The first-order valence-electron chi connectivity index (χ1n) is 6.90. The Labute approximate surface area is 122 Å². The minimum Gasteiger partial charge on any atom is -0.480 e. The summed E-state index contributed by atoms with van der Waals surface area (Å²) in [6.45, 7) is 1.91. The molecule has 1 aliphatic rings. The van der Waals surface area contributed by atoms with Crippen LogP contribution in [0.1, 0.15) is 36.5 Å². The van der Waals surface area contributed by atoms with Gasteiger partial charge in [0.25, 0.3) is 0 Å². The van der Waals surface area contributed by atoms with E-state index in [0.717, 1.165) is 12.8 Å². The molecule has 1 aromatic rings. The second kappa shape index (κ2) is 6.39. The van der Waals surface area contributed by atoms with Crippen LogP contribution in [0.25, 0.3) is 0 Å². The van der Waals surface area contributed by atoms with Crippen molar-refractivity contribution in [1.29, 1.82) is 0 Å². The van der Waals surface area contributed by atoms with E-state index in [-0.39, 0.29) is 5.78 Å². The van der Waals surface area contributed by atoms with Crippen LogP contribution in [0.15, 0.2) is 24.3 Å². The number of ketones is 1. The van der Waals surface area contributed by atoms with Gasteiger partial charge in [0.1, 0.15) is 6.04 Å². The number of likely N-dealkylation sites (tertiary alicyclic amines) is 1. The number of rotatable bonds is 3. The molecular weight excluding hydrogens is 272 g/mol. The lowest BCUT2D eigenvalue weighted by Gasteiger charge is -2.32. The number of Topliss-reactive ketones (excluding diaryl/α,β-unsaturated/α-hetero) is 1. The Kier molecular flexibility index (Phi) is 4.57. The number of carbonyl (C=O) groups is 3. The predicted octanol–water partition coefficient (Wildman–Crippen LogP) is 2.36. The maximum atomic E-state index is 12.2. The molecule has 0 aromatic heterocycles. The van der Waals surface area contributed by atoms with Gasteiger partial charge in [0.15, 0.2) is 5.78 Å². The van der Waals surface area contributed by atoms with Crippen LogP contribution >= 0.6 is 0 Å². The lowest BCUT2D eigenvalue weighted by molar-refractivity contribution is -0.143. The van der Waals surface area contributed by atoms with Gasteiger partial charge in [-0.05, 0) is 50.5 Å². The van der Waals surface area contributed by atoms with E-state index in [0.29, 0.717) is 24.2 Å². The smallest absolute Gasteiger partial charge is 0.326 e. The van der Waals surface area contributed by atoms with Crippen molar-refractivity contribution in [3.05, 3.63) is 29.8 Å². The zero-order valence-electron chi connectivity index (χ0n) is 11.8. The number of carbonyl (C=O) groups excluding carboxylic acids is 2. The normalized spacial score (nSPS) is 18.1. The highest BCUT2D eigenvalue weighted by molar-refractivity contribution is 5.96. The molecule has 0 spiro atoms. The van der Waals surface area contributed by atoms with E-state index >= 15 is 0 Å². The Balaban J connectivity index is 2.05. The van der Waals surface area contributed by atoms with Gasteiger partial charge in [-0.3, -0.25) is 4.79 Å². The van der Waals surface area contributed by atoms with Crippen LogP contribution in [0.2, 0.25) is 0 Å². The average Bonchev–Trinajstić information content (AvgIpc) is 2.47. The van der Waals surface area contributed by atoms with E-state index in [1.54, 1.807) is 24.3 Å². The maximum Gasteiger partial charge on any atom is 0.326 e. The summed E-state index contributed by atoms with van der Waals surface area (Å²) in [4.78, 5) is 35.9. The molecule has 2 rings (SSSR count). The first-order valence-corrected chi connectivity index (χ1v) is 6.90. The number of amides is 2. The predicted molar refractivity (Wildman–Crippen MR) is 77.4 cm³/mol. The van der Waals surface area contributed by atoms with Crippen molar-refractivity contribution in [3.8, 4) is 0 Å². The van der Waals surface area contributed by atoms with Crippen LogP contribution in [-0.2, 0) is 4.79 Å². The van der Waals surface area contributed by atoms with Gasteiger partial charge in [0.05, 0.1) is 0 Å². The van der Waals surface area contributed by atoms with Gasteiger partial charge in [-0.1, -0.05) is 0 Å². The number of hydrogen-bond acceptors (Lipinski definition) is 3. The summed E-state index contributed by atoms with van der Waals surface area (Å²) in [5.41, 5.74) is 1.11. The number of benzene rings is 1. The van der Waals surface area contributed by atoms with Crippen molar-refractivity contribution in [1.82, 2.24) is 4.90 Å². The summed E-state index contributed by atoms with van der Waals surface area (Å²) in [5, 5.41) is 11.8. The summed E-state index contributed by atoms with van der Waals surface area (Å²) in [5.74, 6) is -1.02. The number of carboxylic acids is 1. The van der Waals surface area contributed by atoms with E-state index in [4.69, 9.17) is 5.11 Å². The molecule has 0 unspecified atom stereocenters. The van der Waals surface area contributed by atoms with Gasteiger partial charge in [-0.15, -0.1) is 0 Å². The lowest BCUT2D eigenvalue weighted by Crippen LogP contribution is -2.49. The fourth-order valence-electron chi connectivity index (χ4n) is 2.41. The van der Waals surface area contributed by atoms with Crippen molar-refractivity contribution in [2.75, 3.05) is 11.9 Å². The molecule has 6 nitrogen and oxygen atoms in total. The number of anilines is 1. The van der Waals surface area contributed by atoms with Crippen LogP contribution < -0.4 is 5.32 Å². The number of hydrogen-bond donors (Lipinski definition) is 2. The van der Waals surface area contributed by atoms with Gasteiger partial charge in [0.2, 0.25) is 0 Å². The zero-order valence-corrected chi connectivity index (χ0v) is 11.8. The Hall–Kier alpha value is -2.37. The van der Waals surface area contributed by atoms with Crippen LogP contribution in [0.3, 0.4) is 0 Å². The van der Waals surface area contributed by atoms with Crippen LogP contribution in [0.4, 0.5) is 10.5 Å². The molecule has 0 saturated carbocycles. The lowest BCUT2D eigenvalue weighted by atomic mass is 10.0. The first kappa shape index (κ1) is 15.0. The molecule has 0 bridgehead atoms. The Morgan fingerprint density at radius 2 is 1.86 bits per heavy atom. The van der Waals surface area contributed by atoms with E-state index in [1.165, 1.54) is 11.8 Å². The standard InChI is InChI=1S/C15H18N2O4/c1-10(18)11-5-7-12(8-6-11)16-15(21)17-9-3-2-4-13(17)14(19)20/h5-8,13H,2-4,9H2,1H3,(H,16,21)(H,19,20)/t13-/m1/s1. The van der Waals surface area contributed by atoms with Gasteiger partial charge in [-0.25, -0.2) is 9.59 Å². The number of nitrogens with zero attached hydrogens (tertiary/aromatic N) is 1. The third-order valence-corrected chi connectivity index (χ3v) is 3.59. The highest BCUT2D eigenvalue weighted by atomic mass is 16.4. The molecule has 1 fully saturated rings. The monoisotopic (exact) mass is 290 g/mol. The van der Waals surface area contributed by atoms with E-state index < -0.39 is 18.0 Å². The van der Waals surface area contributed by atoms with E-state index in [1.807, 2.05) is 0 Å². The van der Waals surface area contributed by atoms with Crippen molar-refractivity contribution >= 4 is 23.5 Å². The van der Waals surface area contributed by atoms with Gasteiger partial charge < -0.3 is 15.3 Å². The van der Waals surface area contributed by atoms with Crippen molar-refractivity contribution in [2.24, 2.45) is 0 Å².